The monoisotopic (exact) mass is 308 g/mol. The highest BCUT2D eigenvalue weighted by atomic mass is 32.2. The van der Waals surface area contributed by atoms with Crippen molar-refractivity contribution in [2.24, 2.45) is 0 Å². The first kappa shape index (κ1) is 12.7. The lowest BCUT2D eigenvalue weighted by Crippen LogP contribution is -2.12. The summed E-state index contributed by atoms with van der Waals surface area (Å²) in [6.45, 7) is 0. The number of sulfonamides is 1. The van der Waals surface area contributed by atoms with Crippen LogP contribution in [0.25, 0.3) is 10.9 Å². The zero-order valence-corrected chi connectivity index (χ0v) is 11.5. The lowest BCUT2D eigenvalue weighted by Gasteiger charge is -2.05. The molecule has 1 aromatic carbocycles. The minimum absolute atomic E-state index is 0.103. The number of nitrogen functional groups attached to an aromatic ring is 1. The highest BCUT2D eigenvalue weighted by Crippen LogP contribution is 2.21. The van der Waals surface area contributed by atoms with Crippen molar-refractivity contribution in [2.75, 3.05) is 10.5 Å². The summed E-state index contributed by atoms with van der Waals surface area (Å²) in [5, 5.41) is 7.66. The SMILES string of the molecule is Nc1ccc2cc(S(=O)(=O)Nc3nnns3)ccc2n1. The first-order valence-electron chi connectivity index (χ1n) is 5.39. The highest BCUT2D eigenvalue weighted by molar-refractivity contribution is 7.93. The molecule has 10 heteroatoms. The van der Waals surface area contributed by atoms with E-state index in [0.717, 1.165) is 11.5 Å². The molecule has 0 aliphatic heterocycles. The third-order valence-electron chi connectivity index (χ3n) is 2.51. The Kier molecular flexibility index (Phi) is 2.95. The maximum atomic E-state index is 12.2. The summed E-state index contributed by atoms with van der Waals surface area (Å²) in [6.07, 6.45) is 0. The Morgan fingerprint density at radius 2 is 2.05 bits per heavy atom. The molecule has 20 heavy (non-hydrogen) atoms. The average Bonchev–Trinajstić information content (AvgIpc) is 2.90. The Labute approximate surface area is 117 Å². The van der Waals surface area contributed by atoms with E-state index in [9.17, 15) is 8.42 Å². The molecule has 2 heterocycles. The number of rotatable bonds is 3. The van der Waals surface area contributed by atoms with Crippen molar-refractivity contribution in [1.82, 2.24) is 19.8 Å². The van der Waals surface area contributed by atoms with E-state index in [1.165, 1.54) is 12.1 Å². The average molecular weight is 308 g/mol. The number of aromatic nitrogens is 4. The van der Waals surface area contributed by atoms with Gasteiger partial charge in [0.05, 0.1) is 10.4 Å². The van der Waals surface area contributed by atoms with Gasteiger partial charge in [-0.05, 0) is 35.5 Å². The second kappa shape index (κ2) is 4.65. The van der Waals surface area contributed by atoms with Gasteiger partial charge in [0.15, 0.2) is 0 Å². The van der Waals surface area contributed by atoms with Gasteiger partial charge in [-0.3, -0.25) is 4.72 Å². The van der Waals surface area contributed by atoms with Crippen molar-refractivity contribution < 1.29 is 8.42 Å². The Balaban J connectivity index is 2.03. The number of nitrogens with zero attached hydrogens (tertiary/aromatic N) is 4. The first-order valence-corrected chi connectivity index (χ1v) is 7.64. The first-order chi connectivity index (χ1) is 9.54. The zero-order valence-electron chi connectivity index (χ0n) is 9.89. The van der Waals surface area contributed by atoms with E-state index in [-0.39, 0.29) is 10.0 Å². The van der Waals surface area contributed by atoms with Crippen molar-refractivity contribution in [2.45, 2.75) is 4.90 Å². The molecule has 0 spiro atoms. The predicted octanol–water partition coefficient (Wildman–Crippen LogP) is 0.864. The fraction of sp³-hybridized carbons (Fsp3) is 0. The van der Waals surface area contributed by atoms with E-state index in [4.69, 9.17) is 5.73 Å². The Morgan fingerprint density at radius 1 is 1.20 bits per heavy atom. The topological polar surface area (TPSA) is 124 Å². The molecule has 0 atom stereocenters. The van der Waals surface area contributed by atoms with Gasteiger partial charge < -0.3 is 5.73 Å². The Bertz CT molecular complexity index is 863. The van der Waals surface area contributed by atoms with Crippen LogP contribution in [0.5, 0.6) is 0 Å². The van der Waals surface area contributed by atoms with E-state index < -0.39 is 10.0 Å². The number of pyridine rings is 1. The van der Waals surface area contributed by atoms with Gasteiger partial charge in [-0.15, -0.1) is 0 Å². The van der Waals surface area contributed by atoms with Crippen LogP contribution in [0, 0.1) is 0 Å². The molecular weight excluding hydrogens is 300 g/mol. The molecule has 0 fully saturated rings. The fourth-order valence-electron chi connectivity index (χ4n) is 1.63. The quantitative estimate of drug-likeness (QED) is 0.735. The van der Waals surface area contributed by atoms with Crippen molar-refractivity contribution in [3.05, 3.63) is 30.3 Å². The van der Waals surface area contributed by atoms with Crippen LogP contribution in [-0.4, -0.2) is 28.2 Å². The molecule has 2 aromatic heterocycles. The summed E-state index contributed by atoms with van der Waals surface area (Å²) >= 11 is 0.859. The van der Waals surface area contributed by atoms with Crippen LogP contribution in [-0.2, 0) is 10.0 Å². The molecule has 0 amide bonds. The van der Waals surface area contributed by atoms with Crippen LogP contribution in [0.4, 0.5) is 10.9 Å². The van der Waals surface area contributed by atoms with Gasteiger partial charge in [-0.2, -0.15) is 0 Å². The molecule has 0 radical (unpaired) electrons. The number of fused-ring (bicyclic) bond motifs is 1. The van der Waals surface area contributed by atoms with Crippen molar-refractivity contribution in [3.8, 4) is 0 Å². The molecule has 0 saturated carbocycles. The smallest absolute Gasteiger partial charge is 0.263 e. The van der Waals surface area contributed by atoms with Crippen molar-refractivity contribution in [3.63, 3.8) is 0 Å². The maximum Gasteiger partial charge on any atom is 0.263 e. The van der Waals surface area contributed by atoms with E-state index in [2.05, 4.69) is 24.5 Å². The summed E-state index contributed by atoms with van der Waals surface area (Å²) in [5.41, 5.74) is 6.20. The van der Waals surface area contributed by atoms with E-state index in [0.29, 0.717) is 16.7 Å². The van der Waals surface area contributed by atoms with Crippen LogP contribution in [0.15, 0.2) is 35.2 Å². The van der Waals surface area contributed by atoms with Crippen LogP contribution in [0.3, 0.4) is 0 Å². The number of hydrogen-bond acceptors (Lipinski definition) is 8. The third kappa shape index (κ3) is 2.38. The molecule has 0 unspecified atom stereocenters. The van der Waals surface area contributed by atoms with Gasteiger partial charge in [0.1, 0.15) is 5.82 Å². The second-order valence-corrected chi connectivity index (χ2v) is 6.28. The van der Waals surface area contributed by atoms with Gasteiger partial charge in [0.25, 0.3) is 10.0 Å². The number of benzene rings is 1. The Hall–Kier alpha value is -2.33. The minimum Gasteiger partial charge on any atom is -0.384 e. The van der Waals surface area contributed by atoms with Crippen LogP contribution < -0.4 is 10.5 Å². The van der Waals surface area contributed by atoms with Crippen molar-refractivity contribution >= 4 is 43.4 Å². The van der Waals surface area contributed by atoms with Crippen molar-refractivity contribution in [1.29, 1.82) is 0 Å². The van der Waals surface area contributed by atoms with Crippen LogP contribution in [0.1, 0.15) is 0 Å². The molecular formula is C10H8N6O2S2. The van der Waals surface area contributed by atoms with Gasteiger partial charge in [0.2, 0.25) is 5.13 Å². The molecule has 8 nitrogen and oxygen atoms in total. The number of anilines is 2. The Morgan fingerprint density at radius 3 is 2.80 bits per heavy atom. The minimum atomic E-state index is -3.73. The number of hydrogen-bond donors (Lipinski definition) is 2. The van der Waals surface area contributed by atoms with Crippen LogP contribution >= 0.6 is 11.5 Å². The second-order valence-electron chi connectivity index (χ2n) is 3.86. The van der Waals surface area contributed by atoms with Gasteiger partial charge in [-0.25, -0.2) is 13.4 Å². The fourth-order valence-corrected chi connectivity index (χ4v) is 3.25. The molecule has 0 aliphatic carbocycles. The summed E-state index contributed by atoms with van der Waals surface area (Å²) in [5.74, 6) is 0.381. The molecule has 3 rings (SSSR count). The van der Waals surface area contributed by atoms with Gasteiger partial charge >= 0.3 is 0 Å². The number of nitrogens with two attached hydrogens (primary N) is 1. The third-order valence-corrected chi connectivity index (χ3v) is 4.49. The van der Waals surface area contributed by atoms with E-state index >= 15 is 0 Å². The largest absolute Gasteiger partial charge is 0.384 e. The molecule has 102 valence electrons. The number of nitrogens with one attached hydrogen (secondary N) is 1. The highest BCUT2D eigenvalue weighted by Gasteiger charge is 2.16. The molecule has 0 aliphatic rings. The maximum absolute atomic E-state index is 12.2. The summed E-state index contributed by atoms with van der Waals surface area (Å²) in [7, 11) is -3.73. The molecule has 3 aromatic rings. The lowest BCUT2D eigenvalue weighted by molar-refractivity contribution is 0.601. The molecule has 3 N–H and O–H groups in total. The van der Waals surface area contributed by atoms with Crippen LogP contribution in [0.2, 0.25) is 0 Å². The van der Waals surface area contributed by atoms with E-state index in [1.54, 1.807) is 18.2 Å². The molecule has 0 saturated heterocycles. The summed E-state index contributed by atoms with van der Waals surface area (Å²) in [6, 6.07) is 7.88. The molecule has 0 bridgehead atoms. The van der Waals surface area contributed by atoms with Gasteiger partial charge in [0, 0.05) is 16.9 Å². The zero-order chi connectivity index (χ0) is 14.2. The summed E-state index contributed by atoms with van der Waals surface area (Å²) in [4.78, 5) is 4.21. The lowest BCUT2D eigenvalue weighted by atomic mass is 10.2. The summed E-state index contributed by atoms with van der Waals surface area (Å²) < 4.78 is 30.1. The van der Waals surface area contributed by atoms with E-state index in [1.807, 2.05) is 0 Å². The van der Waals surface area contributed by atoms with Gasteiger partial charge in [-0.1, -0.05) is 9.59 Å². The normalized spacial score (nSPS) is 11.6. The predicted molar refractivity (Wildman–Crippen MR) is 74.7 cm³/mol. The standard InChI is InChI=1S/C10H8N6O2S2/c11-9-4-1-6-5-7(2-3-8(6)12-9)20(17,18)14-10-13-15-16-19-10/h1-5H,(H2,11,12)(H,13,14,16).